The number of hydrogen-bond acceptors (Lipinski definition) is 5. The largest absolute Gasteiger partial charge is 0.378 e. The molecule has 0 saturated carbocycles. The molecule has 0 bridgehead atoms. The predicted octanol–water partition coefficient (Wildman–Crippen LogP) is 1.09. The van der Waals surface area contributed by atoms with Crippen LogP contribution < -0.4 is 10.6 Å². The Morgan fingerprint density at radius 3 is 2.44 bits per heavy atom. The highest BCUT2D eigenvalue weighted by molar-refractivity contribution is 14.0. The van der Waals surface area contributed by atoms with Crippen molar-refractivity contribution in [3.05, 3.63) is 0 Å². The number of rotatable bonds is 9. The van der Waals surface area contributed by atoms with Gasteiger partial charge in [-0.15, -0.1) is 24.0 Å². The van der Waals surface area contributed by atoms with Gasteiger partial charge in [-0.05, 0) is 33.6 Å². The number of aliphatic imine (C=N–C) groups is 1. The van der Waals surface area contributed by atoms with Crippen LogP contribution in [0.4, 0.5) is 0 Å². The van der Waals surface area contributed by atoms with Gasteiger partial charge in [-0.2, -0.15) is 0 Å². The van der Waals surface area contributed by atoms with Crippen LogP contribution in [0, 0.1) is 0 Å². The van der Waals surface area contributed by atoms with E-state index in [9.17, 15) is 8.42 Å². The van der Waals surface area contributed by atoms with Crippen LogP contribution in [0.3, 0.4) is 0 Å². The summed E-state index contributed by atoms with van der Waals surface area (Å²) in [6.45, 7) is 10.7. The highest BCUT2D eigenvalue weighted by Gasteiger charge is 2.21. The summed E-state index contributed by atoms with van der Waals surface area (Å²) in [6, 6.07) is 1.06. The Hall–Kier alpha value is -0.130. The zero-order valence-corrected chi connectivity index (χ0v) is 19.1. The number of guanidine groups is 1. The molecule has 150 valence electrons. The summed E-state index contributed by atoms with van der Waals surface area (Å²) in [7, 11) is -2.96. The average molecular weight is 490 g/mol. The molecule has 2 N–H and O–H groups in total. The molecule has 0 atom stereocenters. The van der Waals surface area contributed by atoms with Crippen molar-refractivity contribution < 1.29 is 13.2 Å². The van der Waals surface area contributed by atoms with Crippen LogP contribution in [-0.2, 0) is 14.6 Å². The third-order valence-electron chi connectivity index (χ3n) is 4.05. The Morgan fingerprint density at radius 2 is 1.92 bits per heavy atom. The van der Waals surface area contributed by atoms with Gasteiger partial charge in [0.1, 0.15) is 9.84 Å². The Labute approximate surface area is 170 Å². The number of hydrogen-bond donors (Lipinski definition) is 2. The number of ether oxygens (including phenoxy) is 1. The van der Waals surface area contributed by atoms with E-state index in [1.165, 1.54) is 6.26 Å². The van der Waals surface area contributed by atoms with Crippen molar-refractivity contribution in [3.63, 3.8) is 0 Å². The maximum atomic E-state index is 11.0. The fourth-order valence-corrected chi connectivity index (χ4v) is 3.03. The van der Waals surface area contributed by atoms with E-state index in [1.54, 1.807) is 0 Å². The van der Waals surface area contributed by atoms with Crippen molar-refractivity contribution in [2.75, 3.05) is 51.4 Å². The van der Waals surface area contributed by atoms with Gasteiger partial charge in [0, 0.05) is 38.0 Å². The zero-order valence-electron chi connectivity index (χ0n) is 16.0. The first-order chi connectivity index (χ1) is 11.3. The van der Waals surface area contributed by atoms with Crippen LogP contribution in [0.15, 0.2) is 4.99 Å². The van der Waals surface area contributed by atoms with Crippen molar-refractivity contribution in [3.8, 4) is 0 Å². The van der Waals surface area contributed by atoms with E-state index in [2.05, 4.69) is 34.4 Å². The number of nitrogens with one attached hydrogen (secondary N) is 2. The van der Waals surface area contributed by atoms with Crippen LogP contribution in [0.2, 0.25) is 0 Å². The number of likely N-dealkylation sites (tertiary alicyclic amines) is 1. The summed E-state index contributed by atoms with van der Waals surface area (Å²) in [5.74, 6) is 0.871. The fraction of sp³-hybridized carbons (Fsp3) is 0.938. The van der Waals surface area contributed by atoms with Gasteiger partial charge in [-0.1, -0.05) is 0 Å². The van der Waals surface area contributed by atoms with E-state index < -0.39 is 9.84 Å². The first-order valence-corrected chi connectivity index (χ1v) is 10.9. The summed E-state index contributed by atoms with van der Waals surface area (Å²) < 4.78 is 27.3. The third kappa shape index (κ3) is 12.0. The maximum absolute atomic E-state index is 11.0. The zero-order chi connectivity index (χ0) is 18.0. The SMILES string of the molecule is CCNC(=NCCOCCS(C)(=O)=O)NC1CCN(C(C)C)CC1.I. The van der Waals surface area contributed by atoms with Crippen LogP contribution in [-0.4, -0.2) is 82.8 Å². The lowest BCUT2D eigenvalue weighted by Crippen LogP contribution is -2.49. The van der Waals surface area contributed by atoms with Gasteiger partial charge in [0.2, 0.25) is 0 Å². The molecule has 0 radical (unpaired) electrons. The molecule has 0 unspecified atom stereocenters. The quantitative estimate of drug-likeness (QED) is 0.218. The first kappa shape index (κ1) is 24.9. The van der Waals surface area contributed by atoms with Crippen molar-refractivity contribution >= 4 is 39.8 Å². The number of sulfone groups is 1. The van der Waals surface area contributed by atoms with Gasteiger partial charge in [-0.3, -0.25) is 4.99 Å². The van der Waals surface area contributed by atoms with E-state index in [4.69, 9.17) is 4.74 Å². The van der Waals surface area contributed by atoms with E-state index >= 15 is 0 Å². The standard InChI is InChI=1S/C16H34N4O3S.HI/c1-5-17-16(18-8-11-23-12-13-24(4,21)22)19-15-6-9-20(10-7-15)14(2)3;/h14-15H,5-13H2,1-4H3,(H2,17,18,19);1H. The topological polar surface area (TPSA) is 83.0 Å². The van der Waals surface area contributed by atoms with Crippen molar-refractivity contribution in [2.24, 2.45) is 4.99 Å². The van der Waals surface area contributed by atoms with Gasteiger partial charge >= 0.3 is 0 Å². The van der Waals surface area contributed by atoms with Gasteiger partial charge in [0.15, 0.2) is 5.96 Å². The minimum Gasteiger partial charge on any atom is -0.378 e. The molecule has 1 heterocycles. The summed E-state index contributed by atoms with van der Waals surface area (Å²) >= 11 is 0. The Bertz CT molecular complexity index is 478. The second-order valence-corrected chi connectivity index (χ2v) is 8.81. The molecule has 0 amide bonds. The lowest BCUT2D eigenvalue weighted by atomic mass is 10.0. The molecule has 1 aliphatic heterocycles. The molecule has 0 aliphatic carbocycles. The molecule has 7 nitrogen and oxygen atoms in total. The molecule has 9 heteroatoms. The second-order valence-electron chi connectivity index (χ2n) is 6.55. The summed E-state index contributed by atoms with van der Waals surface area (Å²) in [4.78, 5) is 7.00. The predicted molar refractivity (Wildman–Crippen MR) is 115 cm³/mol. The van der Waals surface area contributed by atoms with E-state index in [1.807, 2.05) is 6.92 Å². The van der Waals surface area contributed by atoms with Crippen LogP contribution in [0.1, 0.15) is 33.6 Å². The lowest BCUT2D eigenvalue weighted by molar-refractivity contribution is 0.156. The van der Waals surface area contributed by atoms with Gasteiger partial charge in [0.05, 0.1) is 25.5 Å². The highest BCUT2D eigenvalue weighted by atomic mass is 127. The smallest absolute Gasteiger partial charge is 0.191 e. The van der Waals surface area contributed by atoms with Crippen LogP contribution in [0.25, 0.3) is 0 Å². The first-order valence-electron chi connectivity index (χ1n) is 8.86. The van der Waals surface area contributed by atoms with Crippen molar-refractivity contribution in [1.82, 2.24) is 15.5 Å². The Balaban J connectivity index is 0.00000576. The van der Waals surface area contributed by atoms with Gasteiger partial charge < -0.3 is 20.3 Å². The molecule has 0 aromatic carbocycles. The van der Waals surface area contributed by atoms with Crippen LogP contribution >= 0.6 is 24.0 Å². The molecule has 1 aliphatic rings. The average Bonchev–Trinajstić information content (AvgIpc) is 2.50. The Kier molecular flexibility index (Phi) is 13.0. The molecular weight excluding hydrogens is 455 g/mol. The minimum absolute atomic E-state index is 0. The van der Waals surface area contributed by atoms with Crippen molar-refractivity contribution in [1.29, 1.82) is 0 Å². The van der Waals surface area contributed by atoms with E-state index in [0.29, 0.717) is 25.2 Å². The molecule has 0 spiro atoms. The molecule has 1 rings (SSSR count). The minimum atomic E-state index is -2.96. The molecule has 1 fully saturated rings. The summed E-state index contributed by atoms with van der Waals surface area (Å²) in [5.41, 5.74) is 0. The molecular formula is C16H35IN4O3S. The number of piperidine rings is 1. The highest BCUT2D eigenvalue weighted by Crippen LogP contribution is 2.12. The summed E-state index contributed by atoms with van der Waals surface area (Å²) in [6.07, 6.45) is 3.45. The van der Waals surface area contributed by atoms with E-state index in [0.717, 1.165) is 38.4 Å². The maximum Gasteiger partial charge on any atom is 0.191 e. The van der Waals surface area contributed by atoms with Crippen molar-refractivity contribution in [2.45, 2.75) is 45.7 Å². The number of nitrogens with zero attached hydrogens (tertiary/aromatic N) is 2. The lowest BCUT2D eigenvalue weighted by Gasteiger charge is -2.35. The van der Waals surface area contributed by atoms with E-state index in [-0.39, 0.29) is 36.3 Å². The Morgan fingerprint density at radius 1 is 1.28 bits per heavy atom. The third-order valence-corrected chi connectivity index (χ3v) is 4.96. The molecule has 0 aromatic heterocycles. The summed E-state index contributed by atoms with van der Waals surface area (Å²) in [5, 5.41) is 6.75. The molecule has 0 aromatic rings. The van der Waals surface area contributed by atoms with Gasteiger partial charge in [-0.25, -0.2) is 8.42 Å². The monoisotopic (exact) mass is 490 g/mol. The normalized spacial score (nSPS) is 17.4. The van der Waals surface area contributed by atoms with Crippen LogP contribution in [0.5, 0.6) is 0 Å². The fourth-order valence-electron chi connectivity index (χ4n) is 2.61. The second kappa shape index (κ2) is 13.1. The van der Waals surface area contributed by atoms with Gasteiger partial charge in [0.25, 0.3) is 0 Å². The number of halogens is 1. The molecule has 1 saturated heterocycles. The molecule has 25 heavy (non-hydrogen) atoms.